The molecule has 3 nitrogen and oxygen atoms in total. The highest BCUT2D eigenvalue weighted by Crippen LogP contribution is 2.23. The number of carboxylic acid groups (broad SMARTS) is 1. The van der Waals surface area contributed by atoms with Crippen LogP contribution in [0.15, 0.2) is 22.7 Å². The van der Waals surface area contributed by atoms with Gasteiger partial charge in [-0.15, -0.1) is 0 Å². The lowest BCUT2D eigenvalue weighted by molar-refractivity contribution is -0.141. The van der Waals surface area contributed by atoms with Gasteiger partial charge in [0.15, 0.2) is 5.78 Å². The summed E-state index contributed by atoms with van der Waals surface area (Å²) in [5.74, 6) is -1.94. The topological polar surface area (TPSA) is 54.4 Å². The fourth-order valence-corrected chi connectivity index (χ4v) is 1.97. The van der Waals surface area contributed by atoms with Gasteiger partial charge in [-0.1, -0.05) is 34.5 Å². The number of halogens is 2. The molecule has 0 bridgehead atoms. The van der Waals surface area contributed by atoms with Gasteiger partial charge < -0.3 is 5.11 Å². The van der Waals surface area contributed by atoms with E-state index in [1.807, 2.05) is 0 Å². The Morgan fingerprint density at radius 2 is 2.12 bits per heavy atom. The molecular formula is C11H10BrClO3. The van der Waals surface area contributed by atoms with Gasteiger partial charge in [0, 0.05) is 16.5 Å². The lowest BCUT2D eigenvalue weighted by Gasteiger charge is -2.06. The van der Waals surface area contributed by atoms with E-state index in [-0.39, 0.29) is 12.2 Å². The minimum absolute atomic E-state index is 0.0450. The molecule has 0 amide bonds. The van der Waals surface area contributed by atoms with E-state index in [0.29, 0.717) is 10.6 Å². The molecule has 1 aromatic rings. The molecule has 1 aromatic carbocycles. The number of hydrogen-bond acceptors (Lipinski definition) is 2. The Hall–Kier alpha value is -0.870. The molecular weight excluding hydrogens is 295 g/mol. The summed E-state index contributed by atoms with van der Waals surface area (Å²) in [6.45, 7) is 1.49. The van der Waals surface area contributed by atoms with Crippen LogP contribution in [0.5, 0.6) is 0 Å². The summed E-state index contributed by atoms with van der Waals surface area (Å²) < 4.78 is 0.778. The van der Waals surface area contributed by atoms with Crippen molar-refractivity contribution in [3.8, 4) is 0 Å². The first-order valence-electron chi connectivity index (χ1n) is 4.63. The molecule has 86 valence electrons. The number of ketones is 1. The summed E-state index contributed by atoms with van der Waals surface area (Å²) in [5, 5.41) is 9.03. The number of rotatable bonds is 4. The van der Waals surface area contributed by atoms with Crippen molar-refractivity contribution in [1.82, 2.24) is 0 Å². The van der Waals surface area contributed by atoms with Crippen LogP contribution in [-0.4, -0.2) is 16.9 Å². The molecule has 0 aliphatic heterocycles. The molecule has 0 spiro atoms. The Kier molecular flexibility index (Phi) is 4.50. The van der Waals surface area contributed by atoms with Gasteiger partial charge in [0.2, 0.25) is 0 Å². The Morgan fingerprint density at radius 3 is 2.62 bits per heavy atom. The molecule has 1 atom stereocenters. The Morgan fingerprint density at radius 1 is 1.50 bits per heavy atom. The number of carbonyl (C=O) groups excluding carboxylic acids is 1. The number of aliphatic carboxylic acids is 1. The van der Waals surface area contributed by atoms with Crippen LogP contribution < -0.4 is 0 Å². The monoisotopic (exact) mass is 304 g/mol. The highest BCUT2D eigenvalue weighted by Gasteiger charge is 2.18. The minimum Gasteiger partial charge on any atom is -0.481 e. The first kappa shape index (κ1) is 13.2. The molecule has 16 heavy (non-hydrogen) atoms. The molecule has 0 saturated carbocycles. The summed E-state index contributed by atoms with van der Waals surface area (Å²) in [6, 6.07) is 4.90. The van der Waals surface area contributed by atoms with Gasteiger partial charge in [-0.25, -0.2) is 0 Å². The van der Waals surface area contributed by atoms with E-state index < -0.39 is 11.9 Å². The predicted molar refractivity (Wildman–Crippen MR) is 64.9 cm³/mol. The molecule has 1 N–H and O–H groups in total. The van der Waals surface area contributed by atoms with Crippen molar-refractivity contribution in [2.24, 2.45) is 5.92 Å². The van der Waals surface area contributed by atoms with Gasteiger partial charge in [-0.2, -0.15) is 0 Å². The Bertz CT molecular complexity index is 431. The molecule has 0 saturated heterocycles. The molecule has 0 aromatic heterocycles. The molecule has 0 aliphatic carbocycles. The molecule has 0 radical (unpaired) electrons. The highest BCUT2D eigenvalue weighted by atomic mass is 79.9. The number of carbonyl (C=O) groups is 2. The van der Waals surface area contributed by atoms with Gasteiger partial charge in [-0.3, -0.25) is 9.59 Å². The van der Waals surface area contributed by atoms with Gasteiger partial charge in [0.05, 0.1) is 10.9 Å². The van der Waals surface area contributed by atoms with Crippen LogP contribution >= 0.6 is 27.5 Å². The van der Waals surface area contributed by atoms with Crippen molar-refractivity contribution in [3.05, 3.63) is 33.3 Å². The first-order valence-corrected chi connectivity index (χ1v) is 5.80. The maximum atomic E-state index is 11.7. The molecule has 0 aliphatic rings. The van der Waals surface area contributed by atoms with E-state index in [1.54, 1.807) is 18.2 Å². The summed E-state index contributed by atoms with van der Waals surface area (Å²) in [7, 11) is 0. The molecule has 0 heterocycles. The number of carboxylic acids is 1. The maximum absolute atomic E-state index is 11.7. The molecule has 0 fully saturated rings. The van der Waals surface area contributed by atoms with Crippen LogP contribution in [0.3, 0.4) is 0 Å². The Labute approximate surface area is 107 Å². The second kappa shape index (κ2) is 5.46. The minimum atomic E-state index is -0.985. The van der Waals surface area contributed by atoms with E-state index >= 15 is 0 Å². The summed E-state index contributed by atoms with van der Waals surface area (Å²) in [5.41, 5.74) is 0.359. The first-order chi connectivity index (χ1) is 7.41. The van der Waals surface area contributed by atoms with Crippen LogP contribution in [0.1, 0.15) is 23.7 Å². The largest absolute Gasteiger partial charge is 0.481 e. The van der Waals surface area contributed by atoms with Crippen molar-refractivity contribution in [2.75, 3.05) is 0 Å². The fraction of sp³-hybridized carbons (Fsp3) is 0.273. The molecule has 5 heteroatoms. The quantitative estimate of drug-likeness (QED) is 0.867. The normalized spacial score (nSPS) is 12.2. The second-order valence-corrected chi connectivity index (χ2v) is 4.81. The van der Waals surface area contributed by atoms with Gasteiger partial charge in [0.25, 0.3) is 0 Å². The number of benzene rings is 1. The van der Waals surface area contributed by atoms with Crippen molar-refractivity contribution >= 4 is 39.3 Å². The lowest BCUT2D eigenvalue weighted by atomic mass is 10.00. The summed E-state index contributed by atoms with van der Waals surface area (Å²) >= 11 is 9.12. The van der Waals surface area contributed by atoms with Crippen molar-refractivity contribution in [3.63, 3.8) is 0 Å². The van der Waals surface area contributed by atoms with E-state index in [1.165, 1.54) is 6.92 Å². The summed E-state index contributed by atoms with van der Waals surface area (Å²) in [6.07, 6.45) is -0.0450. The smallest absolute Gasteiger partial charge is 0.306 e. The van der Waals surface area contributed by atoms with Gasteiger partial charge >= 0.3 is 5.97 Å². The zero-order valence-corrected chi connectivity index (χ0v) is 10.9. The van der Waals surface area contributed by atoms with Gasteiger partial charge in [0.1, 0.15) is 0 Å². The number of hydrogen-bond donors (Lipinski definition) is 1. The van der Waals surface area contributed by atoms with Crippen LogP contribution in [0.25, 0.3) is 0 Å². The van der Waals surface area contributed by atoms with Gasteiger partial charge in [-0.05, 0) is 18.2 Å². The fourth-order valence-electron chi connectivity index (χ4n) is 1.19. The number of Topliss-reactive ketones (excluding diaryl/α,β-unsaturated/α-hetero) is 1. The van der Waals surface area contributed by atoms with E-state index in [9.17, 15) is 9.59 Å². The lowest BCUT2D eigenvalue weighted by Crippen LogP contribution is -2.14. The highest BCUT2D eigenvalue weighted by molar-refractivity contribution is 9.10. The zero-order valence-electron chi connectivity index (χ0n) is 8.54. The molecule has 1 rings (SSSR count). The third kappa shape index (κ3) is 3.32. The SMILES string of the molecule is CC(CC(=O)c1ccc(Br)cc1Cl)C(=O)O. The van der Waals surface area contributed by atoms with Crippen molar-refractivity contribution < 1.29 is 14.7 Å². The van der Waals surface area contributed by atoms with Crippen LogP contribution in [0, 0.1) is 5.92 Å². The van der Waals surface area contributed by atoms with E-state index in [2.05, 4.69) is 15.9 Å². The van der Waals surface area contributed by atoms with E-state index in [0.717, 1.165) is 4.47 Å². The second-order valence-electron chi connectivity index (χ2n) is 3.49. The average Bonchev–Trinajstić information content (AvgIpc) is 2.16. The third-order valence-corrected chi connectivity index (χ3v) is 2.95. The third-order valence-electron chi connectivity index (χ3n) is 2.14. The zero-order chi connectivity index (χ0) is 12.3. The standard InChI is InChI=1S/C11H10BrClO3/c1-6(11(15)16)4-10(14)8-3-2-7(12)5-9(8)13/h2-3,5-6H,4H2,1H3,(H,15,16). The molecule has 1 unspecified atom stereocenters. The van der Waals surface area contributed by atoms with Crippen LogP contribution in [0.2, 0.25) is 5.02 Å². The van der Waals surface area contributed by atoms with E-state index in [4.69, 9.17) is 16.7 Å². The van der Waals surface area contributed by atoms with Crippen molar-refractivity contribution in [2.45, 2.75) is 13.3 Å². The Balaban J connectivity index is 2.85. The summed E-state index contributed by atoms with van der Waals surface area (Å²) in [4.78, 5) is 22.3. The van der Waals surface area contributed by atoms with Crippen molar-refractivity contribution in [1.29, 1.82) is 0 Å². The average molecular weight is 306 g/mol. The maximum Gasteiger partial charge on any atom is 0.306 e. The predicted octanol–water partition coefficient (Wildman–Crippen LogP) is 3.40. The van der Waals surface area contributed by atoms with Crippen LogP contribution in [0.4, 0.5) is 0 Å². The van der Waals surface area contributed by atoms with Crippen LogP contribution in [-0.2, 0) is 4.79 Å².